The molecule has 32 heavy (non-hydrogen) atoms. The second-order valence-corrected chi connectivity index (χ2v) is 12.5. The number of halogens is 1. The van der Waals surface area contributed by atoms with E-state index in [4.69, 9.17) is 14.2 Å². The third-order valence-electron chi connectivity index (χ3n) is 5.52. The molecule has 0 atom stereocenters. The Morgan fingerprint density at radius 2 is 1.22 bits per heavy atom. The van der Waals surface area contributed by atoms with Gasteiger partial charge in [-0.3, -0.25) is 0 Å². The Kier molecular flexibility index (Phi) is 5.71. The predicted molar refractivity (Wildman–Crippen MR) is 134 cm³/mol. The predicted octanol–water partition coefficient (Wildman–Crippen LogP) is 5.84. The zero-order valence-electron chi connectivity index (χ0n) is 19.5. The first-order valence-electron chi connectivity index (χ1n) is 10.5. The zero-order valence-corrected chi connectivity index (χ0v) is 22.0. The number of hydrogen-bond acceptors (Lipinski definition) is 4. The fourth-order valence-electron chi connectivity index (χ4n) is 4.35. The highest BCUT2D eigenvalue weighted by Crippen LogP contribution is 2.55. The van der Waals surface area contributed by atoms with Crippen LogP contribution in [0.15, 0.2) is 46.9 Å². The molecule has 0 radical (unpaired) electrons. The fraction of sp³-hybridized carbons (Fsp3) is 0.308. The van der Waals surface area contributed by atoms with Crippen molar-refractivity contribution in [3.05, 3.63) is 69.2 Å². The van der Waals surface area contributed by atoms with E-state index >= 15 is 4.57 Å². The number of hydrogen-bond donors (Lipinski definition) is 0. The van der Waals surface area contributed by atoms with Crippen LogP contribution in [0.25, 0.3) is 0 Å². The maximum absolute atomic E-state index is 15.3. The Hall–Kier alpha value is -2.23. The summed E-state index contributed by atoms with van der Waals surface area (Å²) in [5.74, 6) is 0.678. The molecule has 1 heterocycles. The number of fused-ring (bicyclic) bond motifs is 1. The molecule has 6 heteroatoms. The fourth-order valence-corrected chi connectivity index (χ4v) is 8.55. The van der Waals surface area contributed by atoms with E-state index in [1.165, 1.54) is 0 Å². The van der Waals surface area contributed by atoms with E-state index in [2.05, 4.69) is 28.1 Å². The van der Waals surface area contributed by atoms with Gasteiger partial charge in [0.25, 0.3) is 0 Å². The molecule has 1 aliphatic rings. The topological polar surface area (TPSA) is 44.8 Å². The van der Waals surface area contributed by atoms with Crippen molar-refractivity contribution in [3.63, 3.8) is 0 Å². The molecule has 1 aliphatic heterocycles. The number of methoxy groups -OCH3 is 1. The zero-order chi connectivity index (χ0) is 23.4. The van der Waals surface area contributed by atoms with E-state index < -0.39 is 12.9 Å². The summed E-state index contributed by atoms with van der Waals surface area (Å²) in [6.45, 7) is 11.8. The Morgan fingerprint density at radius 1 is 0.781 bits per heavy atom. The van der Waals surface area contributed by atoms with Crippen LogP contribution in [0, 0.1) is 27.7 Å². The molecule has 0 unspecified atom stereocenters. The van der Waals surface area contributed by atoms with Crippen LogP contribution in [0.5, 0.6) is 17.2 Å². The van der Waals surface area contributed by atoms with Crippen LogP contribution in [-0.4, -0.2) is 12.9 Å². The van der Waals surface area contributed by atoms with Gasteiger partial charge >= 0.3 is 0 Å². The molecule has 0 spiro atoms. The second-order valence-electron chi connectivity index (χ2n) is 8.98. The molecule has 168 valence electrons. The molecule has 3 aromatic rings. The number of aryl methyl sites for hydroxylation is 4. The molecular formula is C26H28BrO4P. The van der Waals surface area contributed by atoms with E-state index in [0.717, 1.165) is 32.9 Å². The lowest BCUT2D eigenvalue weighted by Gasteiger charge is -2.24. The highest BCUT2D eigenvalue weighted by atomic mass is 79.9. The van der Waals surface area contributed by atoms with Crippen LogP contribution >= 0.6 is 23.1 Å². The summed E-state index contributed by atoms with van der Waals surface area (Å²) < 4.78 is 33.7. The molecule has 0 N–H and O–H groups in total. The maximum Gasteiger partial charge on any atom is 0.246 e. The van der Waals surface area contributed by atoms with Crippen LogP contribution < -0.4 is 30.1 Å². The normalized spacial score (nSPS) is 14.5. The van der Waals surface area contributed by atoms with Gasteiger partial charge in [-0.2, -0.15) is 0 Å². The van der Waals surface area contributed by atoms with Gasteiger partial charge in [-0.15, -0.1) is 0 Å². The molecule has 0 saturated carbocycles. The van der Waals surface area contributed by atoms with Gasteiger partial charge in [0, 0.05) is 29.8 Å². The Labute approximate surface area is 198 Å². The number of ether oxygens (including phenoxy) is 3. The summed E-state index contributed by atoms with van der Waals surface area (Å²) >= 11 is 3.72. The van der Waals surface area contributed by atoms with Gasteiger partial charge in [0.1, 0.15) is 0 Å². The van der Waals surface area contributed by atoms with Gasteiger partial charge in [0.2, 0.25) is 11.5 Å². The third-order valence-corrected chi connectivity index (χ3v) is 9.61. The van der Waals surface area contributed by atoms with Crippen molar-refractivity contribution < 1.29 is 18.8 Å². The van der Waals surface area contributed by atoms with Crippen molar-refractivity contribution in [1.82, 2.24) is 0 Å². The summed E-state index contributed by atoms with van der Waals surface area (Å²) in [7, 11) is -1.71. The largest absolute Gasteiger partial charge is 0.493 e. The van der Waals surface area contributed by atoms with Crippen LogP contribution in [0.3, 0.4) is 0 Å². The highest BCUT2D eigenvalue weighted by Gasteiger charge is 2.41. The summed E-state index contributed by atoms with van der Waals surface area (Å²) in [5, 5.41) is 2.19. The van der Waals surface area contributed by atoms with Crippen molar-refractivity contribution in [2.24, 2.45) is 0 Å². The van der Waals surface area contributed by atoms with Crippen molar-refractivity contribution in [2.45, 2.75) is 47.3 Å². The molecule has 0 amide bonds. The van der Waals surface area contributed by atoms with Crippen molar-refractivity contribution >= 4 is 39.0 Å². The maximum atomic E-state index is 15.3. The van der Waals surface area contributed by atoms with E-state index in [1.807, 2.05) is 71.9 Å². The van der Waals surface area contributed by atoms with Crippen LogP contribution in [0.1, 0.15) is 36.1 Å². The van der Waals surface area contributed by atoms with E-state index in [-0.39, 0.29) is 0 Å². The van der Waals surface area contributed by atoms with Crippen LogP contribution in [0.2, 0.25) is 0 Å². The SMILES string of the molecule is COc1cc(P(=O)(c2cc(C)cc(C)c2)c2cc(C)cc(C)c2)c(Br)c2c1OC(C)(C)O2. The molecule has 0 fully saturated rings. The lowest BCUT2D eigenvalue weighted by atomic mass is 10.2. The van der Waals surface area contributed by atoms with Gasteiger partial charge in [-0.1, -0.05) is 34.4 Å². The van der Waals surface area contributed by atoms with Gasteiger partial charge in [-0.05, 0) is 74.0 Å². The standard InChI is InChI=1S/C26H28BrO4P/c1-15-8-16(2)11-19(10-15)32(28,20-12-17(3)9-18(4)13-20)22-14-21(29-7)24-25(23(22)27)31-26(5,6)30-24/h8-14H,1-7H3. The number of rotatable bonds is 4. The minimum absolute atomic E-state index is 0.498. The molecule has 0 aliphatic carbocycles. The summed E-state index contributed by atoms with van der Waals surface area (Å²) in [6.07, 6.45) is 0. The minimum atomic E-state index is -3.30. The minimum Gasteiger partial charge on any atom is -0.493 e. The Balaban J connectivity index is 2.10. The Morgan fingerprint density at radius 3 is 1.66 bits per heavy atom. The first kappa shape index (κ1) is 22.9. The smallest absolute Gasteiger partial charge is 0.246 e. The van der Waals surface area contributed by atoms with Gasteiger partial charge < -0.3 is 18.8 Å². The summed E-state index contributed by atoms with van der Waals surface area (Å²) in [6, 6.07) is 14.1. The van der Waals surface area contributed by atoms with Crippen molar-refractivity contribution in [2.75, 3.05) is 7.11 Å². The monoisotopic (exact) mass is 514 g/mol. The molecule has 4 rings (SSSR count). The van der Waals surface area contributed by atoms with Gasteiger partial charge in [0.05, 0.1) is 11.6 Å². The van der Waals surface area contributed by atoms with Crippen molar-refractivity contribution in [1.29, 1.82) is 0 Å². The summed E-state index contributed by atoms with van der Waals surface area (Å²) in [4.78, 5) is 0. The number of benzene rings is 3. The molecule has 3 aromatic carbocycles. The first-order valence-corrected chi connectivity index (χ1v) is 13.0. The second kappa shape index (κ2) is 7.97. The van der Waals surface area contributed by atoms with E-state index in [1.54, 1.807) is 7.11 Å². The van der Waals surface area contributed by atoms with Crippen LogP contribution in [-0.2, 0) is 4.57 Å². The molecule has 0 saturated heterocycles. The molecule has 0 aromatic heterocycles. The molecular weight excluding hydrogens is 487 g/mol. The first-order chi connectivity index (χ1) is 14.9. The average molecular weight is 515 g/mol. The van der Waals surface area contributed by atoms with Crippen molar-refractivity contribution in [3.8, 4) is 17.2 Å². The lowest BCUT2D eigenvalue weighted by molar-refractivity contribution is -0.0442. The Bertz CT molecular complexity index is 1180. The van der Waals surface area contributed by atoms with E-state index in [9.17, 15) is 0 Å². The van der Waals surface area contributed by atoms with Gasteiger partial charge in [-0.25, -0.2) is 0 Å². The van der Waals surface area contributed by atoms with E-state index in [0.29, 0.717) is 27.0 Å². The highest BCUT2D eigenvalue weighted by molar-refractivity contribution is 9.10. The van der Waals surface area contributed by atoms with Gasteiger partial charge in [0.15, 0.2) is 18.6 Å². The quantitative estimate of drug-likeness (QED) is 0.410. The average Bonchev–Trinajstić information content (AvgIpc) is 3.02. The van der Waals surface area contributed by atoms with Crippen LogP contribution in [0.4, 0.5) is 0 Å². The third kappa shape index (κ3) is 3.86. The summed E-state index contributed by atoms with van der Waals surface area (Å²) in [5.41, 5.74) is 4.26. The lowest BCUT2D eigenvalue weighted by Crippen LogP contribution is -2.30. The molecule has 4 nitrogen and oxygen atoms in total. The molecule has 0 bridgehead atoms.